The summed E-state index contributed by atoms with van der Waals surface area (Å²) in [5.74, 6) is 1.09. The molecule has 1 saturated carbocycles. The Labute approximate surface area is 161 Å². The van der Waals surface area contributed by atoms with Gasteiger partial charge < -0.3 is 11.1 Å². The molecule has 0 aliphatic heterocycles. The highest BCUT2D eigenvalue weighted by Crippen LogP contribution is 2.40. The molecule has 0 atom stereocenters. The highest BCUT2D eigenvalue weighted by molar-refractivity contribution is 6.32. The molecule has 1 heterocycles. The first-order valence-corrected chi connectivity index (χ1v) is 9.21. The Morgan fingerprint density at radius 1 is 1.26 bits per heavy atom. The third kappa shape index (κ3) is 3.93. The normalized spacial score (nSPS) is 13.5. The van der Waals surface area contributed by atoms with Crippen LogP contribution in [-0.2, 0) is 11.2 Å². The van der Waals surface area contributed by atoms with Crippen LogP contribution in [-0.4, -0.2) is 26.1 Å². The molecule has 0 bridgehead atoms. The second-order valence-electron chi connectivity index (χ2n) is 6.64. The Hall–Kier alpha value is -2.93. The van der Waals surface area contributed by atoms with Crippen molar-refractivity contribution in [2.45, 2.75) is 31.6 Å². The zero-order valence-corrected chi connectivity index (χ0v) is 15.4. The second kappa shape index (κ2) is 7.36. The van der Waals surface area contributed by atoms with Crippen molar-refractivity contribution in [3.8, 4) is 5.69 Å². The lowest BCUT2D eigenvalue weighted by molar-refractivity contribution is -0.116. The molecule has 27 heavy (non-hydrogen) atoms. The predicted molar refractivity (Wildman–Crippen MR) is 104 cm³/mol. The van der Waals surface area contributed by atoms with Crippen LogP contribution >= 0.6 is 11.6 Å². The van der Waals surface area contributed by atoms with Gasteiger partial charge in [0.25, 0.3) is 0 Å². The molecule has 4 rings (SSSR count). The number of nitrogens with one attached hydrogen (secondary N) is 1. The number of nitrogen functional groups attached to an aromatic ring is 1. The molecule has 1 fully saturated rings. The fourth-order valence-electron chi connectivity index (χ4n) is 2.95. The number of tetrazole rings is 1. The van der Waals surface area contributed by atoms with Crippen LogP contribution in [0.2, 0.25) is 5.02 Å². The molecule has 0 radical (unpaired) electrons. The average molecular weight is 383 g/mol. The second-order valence-corrected chi connectivity index (χ2v) is 7.04. The molecule has 1 aromatic heterocycles. The van der Waals surface area contributed by atoms with Gasteiger partial charge >= 0.3 is 0 Å². The van der Waals surface area contributed by atoms with Crippen molar-refractivity contribution >= 4 is 28.9 Å². The van der Waals surface area contributed by atoms with Gasteiger partial charge in [0, 0.05) is 23.7 Å². The van der Waals surface area contributed by atoms with Gasteiger partial charge in [-0.05, 0) is 59.5 Å². The summed E-state index contributed by atoms with van der Waals surface area (Å²) in [6.07, 6.45) is 3.08. The van der Waals surface area contributed by atoms with Crippen molar-refractivity contribution in [3.05, 3.63) is 58.9 Å². The fraction of sp³-hybridized carbons (Fsp3) is 0.263. The van der Waals surface area contributed by atoms with Crippen LogP contribution < -0.4 is 11.1 Å². The predicted octanol–water partition coefficient (Wildman–Crippen LogP) is 3.35. The van der Waals surface area contributed by atoms with E-state index in [1.54, 1.807) is 22.9 Å². The largest absolute Gasteiger partial charge is 0.399 e. The maximum atomic E-state index is 12.3. The van der Waals surface area contributed by atoms with Crippen LogP contribution in [0.4, 0.5) is 11.4 Å². The molecule has 7 nitrogen and oxygen atoms in total. The Bertz CT molecular complexity index is 982. The minimum Gasteiger partial charge on any atom is -0.399 e. The maximum absolute atomic E-state index is 12.3. The Morgan fingerprint density at radius 3 is 2.85 bits per heavy atom. The number of anilines is 2. The van der Waals surface area contributed by atoms with Gasteiger partial charge in [-0.15, -0.1) is 5.10 Å². The Kier molecular flexibility index (Phi) is 4.77. The highest BCUT2D eigenvalue weighted by atomic mass is 35.5. The van der Waals surface area contributed by atoms with Crippen molar-refractivity contribution in [2.24, 2.45) is 0 Å². The van der Waals surface area contributed by atoms with Crippen LogP contribution in [0.25, 0.3) is 5.69 Å². The van der Waals surface area contributed by atoms with E-state index >= 15 is 0 Å². The minimum atomic E-state index is -0.0920. The summed E-state index contributed by atoms with van der Waals surface area (Å²) in [5, 5.41) is 15.4. The smallest absolute Gasteiger partial charge is 0.224 e. The molecular weight excluding hydrogens is 364 g/mol. The summed E-state index contributed by atoms with van der Waals surface area (Å²) in [5.41, 5.74) is 8.90. The number of nitrogens with zero attached hydrogens (tertiary/aromatic N) is 4. The summed E-state index contributed by atoms with van der Waals surface area (Å²) in [7, 11) is 0. The molecule has 8 heteroatoms. The molecule has 3 aromatic rings. The van der Waals surface area contributed by atoms with E-state index in [4.69, 9.17) is 17.3 Å². The van der Waals surface area contributed by atoms with E-state index in [1.807, 2.05) is 24.3 Å². The molecule has 1 amide bonds. The maximum Gasteiger partial charge on any atom is 0.224 e. The van der Waals surface area contributed by atoms with Gasteiger partial charge in [-0.1, -0.05) is 29.8 Å². The van der Waals surface area contributed by atoms with E-state index in [-0.39, 0.29) is 5.91 Å². The van der Waals surface area contributed by atoms with Crippen molar-refractivity contribution in [1.29, 1.82) is 0 Å². The Morgan fingerprint density at radius 2 is 2.07 bits per heavy atom. The van der Waals surface area contributed by atoms with Crippen molar-refractivity contribution in [2.75, 3.05) is 11.1 Å². The number of carbonyl (C=O) groups is 1. The van der Waals surface area contributed by atoms with E-state index in [0.717, 1.165) is 24.2 Å². The fourth-order valence-corrected chi connectivity index (χ4v) is 3.15. The topological polar surface area (TPSA) is 98.7 Å². The third-order valence-corrected chi connectivity index (χ3v) is 4.89. The first kappa shape index (κ1) is 17.5. The monoisotopic (exact) mass is 382 g/mol. The zero-order valence-electron chi connectivity index (χ0n) is 14.6. The molecule has 2 aromatic carbocycles. The molecule has 138 valence electrons. The van der Waals surface area contributed by atoms with E-state index in [0.29, 0.717) is 40.8 Å². The number of amides is 1. The number of hydrogen-bond acceptors (Lipinski definition) is 5. The summed E-state index contributed by atoms with van der Waals surface area (Å²) in [6.45, 7) is 0. The van der Waals surface area contributed by atoms with E-state index in [1.165, 1.54) is 0 Å². The molecule has 0 unspecified atom stereocenters. The first-order chi connectivity index (χ1) is 13.1. The van der Waals surface area contributed by atoms with Gasteiger partial charge in [0.2, 0.25) is 5.91 Å². The summed E-state index contributed by atoms with van der Waals surface area (Å²) in [6, 6.07) is 12.9. The number of hydrogen-bond donors (Lipinski definition) is 2. The van der Waals surface area contributed by atoms with Crippen LogP contribution in [0.3, 0.4) is 0 Å². The molecule has 1 aliphatic rings. The molecule has 0 saturated heterocycles. The number of para-hydroxylation sites is 1. The number of carbonyl (C=O) groups excluding carboxylic acids is 1. The summed E-state index contributed by atoms with van der Waals surface area (Å²) < 4.78 is 1.65. The Balaban J connectivity index is 1.47. The number of halogens is 1. The molecular formula is C19H19ClN6O. The standard InChI is InChI=1S/C19H19ClN6O/c20-15-9-8-14(11-17(15)26-19(13-5-6-13)23-24-25-26)22-18(27)10-7-12-3-1-2-4-16(12)21/h1-4,8-9,11,13H,5-7,10,21H2,(H,22,27). The van der Waals surface area contributed by atoms with Crippen LogP contribution in [0.15, 0.2) is 42.5 Å². The third-order valence-electron chi connectivity index (χ3n) is 4.57. The number of benzene rings is 2. The van der Waals surface area contributed by atoms with Crippen LogP contribution in [0.1, 0.15) is 36.6 Å². The van der Waals surface area contributed by atoms with Gasteiger partial charge in [-0.25, -0.2) is 0 Å². The SMILES string of the molecule is Nc1ccccc1CCC(=O)Nc1ccc(Cl)c(-n2nnnc2C2CC2)c1. The van der Waals surface area contributed by atoms with E-state index in [2.05, 4.69) is 20.8 Å². The average Bonchev–Trinajstić information content (AvgIpc) is 3.39. The van der Waals surface area contributed by atoms with Gasteiger partial charge in [0.15, 0.2) is 5.82 Å². The van der Waals surface area contributed by atoms with Crippen molar-refractivity contribution in [1.82, 2.24) is 20.2 Å². The lowest BCUT2D eigenvalue weighted by Gasteiger charge is -2.10. The van der Waals surface area contributed by atoms with Gasteiger partial charge in [-0.2, -0.15) is 4.68 Å². The number of aryl methyl sites for hydroxylation is 1. The first-order valence-electron chi connectivity index (χ1n) is 8.83. The number of nitrogens with two attached hydrogens (primary N) is 1. The van der Waals surface area contributed by atoms with Crippen LogP contribution in [0, 0.1) is 0 Å². The number of rotatable bonds is 6. The van der Waals surface area contributed by atoms with E-state index in [9.17, 15) is 4.79 Å². The quantitative estimate of drug-likeness (QED) is 0.637. The lowest BCUT2D eigenvalue weighted by Crippen LogP contribution is -2.13. The summed E-state index contributed by atoms with van der Waals surface area (Å²) in [4.78, 5) is 12.3. The van der Waals surface area contributed by atoms with Gasteiger partial charge in [0.05, 0.1) is 10.7 Å². The minimum absolute atomic E-state index is 0.0920. The van der Waals surface area contributed by atoms with Gasteiger partial charge in [-0.3, -0.25) is 4.79 Å². The highest BCUT2D eigenvalue weighted by Gasteiger charge is 2.30. The molecule has 3 N–H and O–H groups in total. The van der Waals surface area contributed by atoms with Crippen molar-refractivity contribution < 1.29 is 4.79 Å². The molecule has 0 spiro atoms. The van der Waals surface area contributed by atoms with Crippen LogP contribution in [0.5, 0.6) is 0 Å². The zero-order chi connectivity index (χ0) is 18.8. The summed E-state index contributed by atoms with van der Waals surface area (Å²) >= 11 is 6.34. The van der Waals surface area contributed by atoms with Gasteiger partial charge in [0.1, 0.15) is 0 Å². The number of aromatic nitrogens is 4. The van der Waals surface area contributed by atoms with Crippen molar-refractivity contribution in [3.63, 3.8) is 0 Å². The molecule has 1 aliphatic carbocycles. The van der Waals surface area contributed by atoms with E-state index < -0.39 is 0 Å². The lowest BCUT2D eigenvalue weighted by atomic mass is 10.1.